The fourth-order valence-electron chi connectivity index (χ4n) is 2.37. The summed E-state index contributed by atoms with van der Waals surface area (Å²) in [6.45, 7) is 0. The number of aromatic nitrogens is 1. The summed E-state index contributed by atoms with van der Waals surface area (Å²) in [5, 5.41) is 1.98. The highest BCUT2D eigenvalue weighted by Gasteiger charge is 2.30. The summed E-state index contributed by atoms with van der Waals surface area (Å²) in [5.41, 5.74) is 6.77. The van der Waals surface area contributed by atoms with Crippen molar-refractivity contribution in [3.05, 3.63) is 42.2 Å². The van der Waals surface area contributed by atoms with Crippen LogP contribution in [0.2, 0.25) is 0 Å². The van der Waals surface area contributed by atoms with Crippen LogP contribution >= 0.6 is 0 Å². The van der Waals surface area contributed by atoms with Gasteiger partial charge in [0.05, 0.1) is 0 Å². The van der Waals surface area contributed by atoms with Crippen LogP contribution in [0.25, 0.3) is 10.8 Å². The van der Waals surface area contributed by atoms with Crippen molar-refractivity contribution in [3.8, 4) is 0 Å². The smallest absolute Gasteiger partial charge is 0.165 e. The van der Waals surface area contributed by atoms with Gasteiger partial charge < -0.3 is 5.73 Å². The number of nitrogens with zero attached hydrogens (tertiary/aromatic N) is 1. The third-order valence-electron chi connectivity index (χ3n) is 3.63. The number of nitrogens with two attached hydrogens (primary N) is 1. The monoisotopic (exact) mass is 240 g/mol. The topological polar surface area (TPSA) is 56.0 Å². The van der Waals surface area contributed by atoms with Gasteiger partial charge in [0.2, 0.25) is 0 Å². The fourth-order valence-corrected chi connectivity index (χ4v) is 2.37. The Labute approximate surface area is 106 Å². The summed E-state index contributed by atoms with van der Waals surface area (Å²) >= 11 is 0. The molecule has 1 aromatic heterocycles. The van der Waals surface area contributed by atoms with Crippen molar-refractivity contribution >= 4 is 16.6 Å². The zero-order chi connectivity index (χ0) is 12.5. The number of ketones is 1. The van der Waals surface area contributed by atoms with Crippen LogP contribution < -0.4 is 5.73 Å². The van der Waals surface area contributed by atoms with E-state index < -0.39 is 0 Å². The maximum Gasteiger partial charge on any atom is 0.165 e. The van der Waals surface area contributed by atoms with Crippen LogP contribution in [-0.2, 0) is 0 Å². The number of benzene rings is 1. The van der Waals surface area contributed by atoms with Crippen molar-refractivity contribution in [2.45, 2.75) is 25.3 Å². The van der Waals surface area contributed by atoms with Crippen LogP contribution in [0.15, 0.2) is 36.7 Å². The van der Waals surface area contributed by atoms with E-state index >= 15 is 0 Å². The lowest BCUT2D eigenvalue weighted by molar-refractivity contribution is 0.0973. The third kappa shape index (κ3) is 2.14. The molecule has 0 spiro atoms. The van der Waals surface area contributed by atoms with Crippen LogP contribution in [-0.4, -0.2) is 16.8 Å². The van der Waals surface area contributed by atoms with Gasteiger partial charge in [0.25, 0.3) is 0 Å². The molecular weight excluding hydrogens is 224 g/mol. The first-order valence-electron chi connectivity index (χ1n) is 6.37. The van der Waals surface area contributed by atoms with Crippen molar-refractivity contribution < 1.29 is 4.79 Å². The minimum absolute atomic E-state index is 0.0180. The molecule has 1 unspecified atom stereocenters. The molecule has 0 amide bonds. The summed E-state index contributed by atoms with van der Waals surface area (Å²) in [6.07, 6.45) is 6.29. The minimum Gasteiger partial charge on any atom is -0.327 e. The molecular formula is C15H16N2O. The van der Waals surface area contributed by atoms with Gasteiger partial charge in [0.15, 0.2) is 5.78 Å². The number of pyridine rings is 1. The molecule has 1 aromatic carbocycles. The maximum atomic E-state index is 12.3. The molecule has 1 aliphatic carbocycles. The molecule has 0 bridgehead atoms. The molecule has 18 heavy (non-hydrogen) atoms. The van der Waals surface area contributed by atoms with E-state index in [1.807, 2.05) is 24.3 Å². The zero-order valence-corrected chi connectivity index (χ0v) is 10.2. The van der Waals surface area contributed by atoms with E-state index in [1.54, 1.807) is 12.4 Å². The molecule has 2 aromatic rings. The molecule has 1 aliphatic rings. The average Bonchev–Trinajstić information content (AvgIpc) is 3.22. The molecule has 0 radical (unpaired) electrons. The van der Waals surface area contributed by atoms with Crippen LogP contribution in [0, 0.1) is 5.92 Å². The number of carbonyl (C=O) groups excluding carboxylic acids is 1. The van der Waals surface area contributed by atoms with Gasteiger partial charge in [-0.2, -0.15) is 0 Å². The highest BCUT2D eigenvalue weighted by atomic mass is 16.1. The van der Waals surface area contributed by atoms with E-state index in [1.165, 1.54) is 12.8 Å². The molecule has 0 aliphatic heterocycles. The molecule has 1 fully saturated rings. The summed E-state index contributed by atoms with van der Waals surface area (Å²) in [6, 6.07) is 7.72. The first-order valence-corrected chi connectivity index (χ1v) is 6.37. The van der Waals surface area contributed by atoms with Gasteiger partial charge in [-0.25, -0.2) is 0 Å². The first-order chi connectivity index (χ1) is 8.75. The van der Waals surface area contributed by atoms with E-state index in [-0.39, 0.29) is 11.8 Å². The van der Waals surface area contributed by atoms with Gasteiger partial charge in [0, 0.05) is 35.8 Å². The number of Topliss-reactive ketones (excluding diaryl/α,β-unsaturated/α-hetero) is 1. The van der Waals surface area contributed by atoms with Gasteiger partial charge in [-0.15, -0.1) is 0 Å². The number of hydrogen-bond donors (Lipinski definition) is 1. The van der Waals surface area contributed by atoms with E-state index in [2.05, 4.69) is 4.98 Å². The number of fused-ring (bicyclic) bond motifs is 1. The van der Waals surface area contributed by atoms with E-state index in [0.717, 1.165) is 16.3 Å². The predicted molar refractivity (Wildman–Crippen MR) is 71.4 cm³/mol. The highest BCUT2D eigenvalue weighted by molar-refractivity contribution is 6.08. The SMILES string of the molecule is NC(CC(=O)c1cccc2ccncc12)C1CC1. The quantitative estimate of drug-likeness (QED) is 0.835. The Bertz CT molecular complexity index is 585. The summed E-state index contributed by atoms with van der Waals surface area (Å²) in [5.74, 6) is 0.690. The largest absolute Gasteiger partial charge is 0.327 e. The van der Waals surface area contributed by atoms with Crippen molar-refractivity contribution in [2.75, 3.05) is 0 Å². The summed E-state index contributed by atoms with van der Waals surface area (Å²) < 4.78 is 0. The second kappa shape index (κ2) is 4.50. The molecule has 3 heteroatoms. The summed E-state index contributed by atoms with van der Waals surface area (Å²) in [4.78, 5) is 16.4. The molecule has 1 heterocycles. The standard InChI is InChI=1S/C15H16N2O/c16-14(11-4-5-11)8-15(18)12-3-1-2-10-6-7-17-9-13(10)12/h1-3,6-7,9,11,14H,4-5,8,16H2. The van der Waals surface area contributed by atoms with Crippen molar-refractivity contribution in [1.29, 1.82) is 0 Å². The number of carbonyl (C=O) groups is 1. The summed E-state index contributed by atoms with van der Waals surface area (Å²) in [7, 11) is 0. The molecule has 2 N–H and O–H groups in total. The van der Waals surface area contributed by atoms with E-state index in [4.69, 9.17) is 5.73 Å². The van der Waals surface area contributed by atoms with Crippen LogP contribution in [0.1, 0.15) is 29.6 Å². The Hall–Kier alpha value is -1.74. The third-order valence-corrected chi connectivity index (χ3v) is 3.63. The van der Waals surface area contributed by atoms with Crippen LogP contribution in [0.4, 0.5) is 0 Å². The van der Waals surface area contributed by atoms with Crippen molar-refractivity contribution in [1.82, 2.24) is 4.98 Å². The molecule has 3 nitrogen and oxygen atoms in total. The minimum atomic E-state index is 0.0180. The van der Waals surface area contributed by atoms with Gasteiger partial charge >= 0.3 is 0 Å². The fraction of sp³-hybridized carbons (Fsp3) is 0.333. The normalized spacial score (nSPS) is 16.7. The molecule has 0 saturated heterocycles. The molecule has 3 rings (SSSR count). The Morgan fingerprint density at radius 3 is 3.00 bits per heavy atom. The Balaban J connectivity index is 1.90. The van der Waals surface area contributed by atoms with Gasteiger partial charge in [-0.05, 0) is 30.2 Å². The van der Waals surface area contributed by atoms with Crippen molar-refractivity contribution in [3.63, 3.8) is 0 Å². The lowest BCUT2D eigenvalue weighted by atomic mass is 9.97. The zero-order valence-electron chi connectivity index (χ0n) is 10.2. The Morgan fingerprint density at radius 2 is 2.22 bits per heavy atom. The predicted octanol–water partition coefficient (Wildman–Crippen LogP) is 2.54. The maximum absolute atomic E-state index is 12.3. The second-order valence-corrected chi connectivity index (χ2v) is 5.03. The molecule has 1 saturated carbocycles. The second-order valence-electron chi connectivity index (χ2n) is 5.03. The molecule has 92 valence electrons. The number of hydrogen-bond acceptors (Lipinski definition) is 3. The van der Waals surface area contributed by atoms with E-state index in [0.29, 0.717) is 12.3 Å². The number of rotatable bonds is 4. The highest BCUT2D eigenvalue weighted by Crippen LogP contribution is 2.33. The van der Waals surface area contributed by atoms with E-state index in [9.17, 15) is 4.79 Å². The van der Waals surface area contributed by atoms with Gasteiger partial charge in [-0.1, -0.05) is 18.2 Å². The van der Waals surface area contributed by atoms with Gasteiger partial charge in [0.1, 0.15) is 0 Å². The first kappa shape index (κ1) is 11.4. The van der Waals surface area contributed by atoms with Crippen molar-refractivity contribution in [2.24, 2.45) is 11.7 Å². The molecule has 1 atom stereocenters. The lowest BCUT2D eigenvalue weighted by Gasteiger charge is -2.10. The van der Waals surface area contributed by atoms with Crippen LogP contribution in [0.5, 0.6) is 0 Å². The lowest BCUT2D eigenvalue weighted by Crippen LogP contribution is -2.26. The average molecular weight is 240 g/mol. The van der Waals surface area contributed by atoms with Crippen LogP contribution in [0.3, 0.4) is 0 Å². The Morgan fingerprint density at radius 1 is 1.39 bits per heavy atom. The van der Waals surface area contributed by atoms with Gasteiger partial charge in [-0.3, -0.25) is 9.78 Å². The Kier molecular flexibility index (Phi) is 2.84.